The lowest BCUT2D eigenvalue weighted by Crippen LogP contribution is -2.21. The largest absolute Gasteiger partial charge is 0.507 e. The van der Waals surface area contributed by atoms with Gasteiger partial charge in [-0.2, -0.15) is 0 Å². The fourth-order valence-electron chi connectivity index (χ4n) is 3.07. The standard InChI is InChI=1S/C20H11N3O4/c21-23-22-18-15(27-11-6-2-1-3-7-11)10-14(24)16-17(18)20(26)13-9-5-4-8-12(13)19(16)25/h1-10,24H. The van der Waals surface area contributed by atoms with Gasteiger partial charge < -0.3 is 9.84 Å². The molecule has 0 radical (unpaired) electrons. The summed E-state index contributed by atoms with van der Waals surface area (Å²) in [4.78, 5) is 28.6. The van der Waals surface area contributed by atoms with E-state index in [-0.39, 0.29) is 33.7 Å². The van der Waals surface area contributed by atoms with E-state index in [2.05, 4.69) is 10.0 Å². The first-order valence-electron chi connectivity index (χ1n) is 7.98. The first kappa shape index (κ1) is 16.4. The van der Waals surface area contributed by atoms with E-state index in [0.29, 0.717) is 5.75 Å². The van der Waals surface area contributed by atoms with E-state index in [1.165, 1.54) is 18.2 Å². The maximum Gasteiger partial charge on any atom is 0.198 e. The Kier molecular flexibility index (Phi) is 3.84. The third kappa shape index (κ3) is 2.59. The highest BCUT2D eigenvalue weighted by Crippen LogP contribution is 2.45. The summed E-state index contributed by atoms with van der Waals surface area (Å²) in [5.41, 5.74) is 8.85. The van der Waals surface area contributed by atoms with E-state index in [0.717, 1.165) is 0 Å². The van der Waals surface area contributed by atoms with Crippen LogP contribution in [0.15, 0.2) is 65.8 Å². The number of ketones is 2. The predicted molar refractivity (Wildman–Crippen MR) is 96.7 cm³/mol. The molecule has 3 aromatic carbocycles. The zero-order valence-electron chi connectivity index (χ0n) is 13.8. The summed E-state index contributed by atoms with van der Waals surface area (Å²) < 4.78 is 5.69. The van der Waals surface area contributed by atoms with Crippen LogP contribution in [0, 0.1) is 0 Å². The molecule has 0 fully saturated rings. The summed E-state index contributed by atoms with van der Waals surface area (Å²) in [6.45, 7) is 0. The van der Waals surface area contributed by atoms with Crippen LogP contribution in [0.3, 0.4) is 0 Å². The third-order valence-electron chi connectivity index (χ3n) is 4.23. The minimum atomic E-state index is -0.517. The Labute approximate surface area is 153 Å². The van der Waals surface area contributed by atoms with Crippen molar-refractivity contribution in [1.29, 1.82) is 0 Å². The number of nitrogens with zero attached hydrogens (tertiary/aromatic N) is 3. The van der Waals surface area contributed by atoms with Gasteiger partial charge in [0, 0.05) is 22.1 Å². The summed E-state index contributed by atoms with van der Waals surface area (Å²) in [7, 11) is 0. The number of aromatic hydroxyl groups is 1. The molecule has 4 rings (SSSR count). The van der Waals surface area contributed by atoms with Crippen molar-refractivity contribution in [2.45, 2.75) is 0 Å². The van der Waals surface area contributed by atoms with Crippen LogP contribution >= 0.6 is 0 Å². The van der Waals surface area contributed by atoms with Crippen LogP contribution in [0.2, 0.25) is 0 Å². The Balaban J connectivity index is 1.98. The molecule has 0 bridgehead atoms. The van der Waals surface area contributed by atoms with E-state index in [4.69, 9.17) is 10.3 Å². The van der Waals surface area contributed by atoms with Crippen molar-refractivity contribution in [2.24, 2.45) is 5.11 Å². The summed E-state index contributed by atoms with van der Waals surface area (Å²) in [5, 5.41) is 14.0. The highest BCUT2D eigenvalue weighted by atomic mass is 16.5. The van der Waals surface area contributed by atoms with E-state index in [1.807, 2.05) is 0 Å². The molecule has 0 spiro atoms. The van der Waals surface area contributed by atoms with Crippen LogP contribution in [-0.2, 0) is 0 Å². The lowest BCUT2D eigenvalue weighted by atomic mass is 9.82. The van der Waals surface area contributed by atoms with Gasteiger partial charge in [-0.15, -0.1) is 0 Å². The summed E-state index contributed by atoms with van der Waals surface area (Å²) in [6, 6.07) is 16.1. The average molecular weight is 357 g/mol. The van der Waals surface area contributed by atoms with Crippen LogP contribution in [0.1, 0.15) is 31.8 Å². The first-order valence-corrected chi connectivity index (χ1v) is 7.98. The molecule has 1 N–H and O–H groups in total. The van der Waals surface area contributed by atoms with Crippen molar-refractivity contribution in [3.05, 3.63) is 93.4 Å². The molecule has 0 atom stereocenters. The Bertz CT molecular complexity index is 1150. The normalized spacial score (nSPS) is 12.0. The Hall–Kier alpha value is -4.09. The molecule has 0 aliphatic heterocycles. The number of benzene rings is 3. The zero-order valence-corrected chi connectivity index (χ0v) is 13.8. The van der Waals surface area contributed by atoms with Gasteiger partial charge in [0.25, 0.3) is 0 Å². The van der Waals surface area contributed by atoms with Crippen molar-refractivity contribution in [3.8, 4) is 17.2 Å². The number of ether oxygens (including phenoxy) is 1. The topological polar surface area (TPSA) is 112 Å². The number of rotatable bonds is 3. The van der Waals surface area contributed by atoms with Crippen LogP contribution in [-0.4, -0.2) is 16.7 Å². The summed E-state index contributed by atoms with van der Waals surface area (Å²) >= 11 is 0. The minimum absolute atomic E-state index is 0.0178. The van der Waals surface area contributed by atoms with Crippen LogP contribution < -0.4 is 4.74 Å². The molecule has 0 saturated heterocycles. The van der Waals surface area contributed by atoms with Crippen molar-refractivity contribution < 1.29 is 19.4 Å². The molecule has 27 heavy (non-hydrogen) atoms. The molecule has 7 heteroatoms. The summed E-state index contributed by atoms with van der Waals surface area (Å²) in [6.07, 6.45) is 0. The van der Waals surface area contributed by atoms with Gasteiger partial charge in [0.15, 0.2) is 11.6 Å². The second kappa shape index (κ2) is 6.33. The SMILES string of the molecule is [N-]=[N+]=Nc1c(Oc2ccccc2)cc(O)c2c1C(=O)c1ccccc1C2=O. The van der Waals surface area contributed by atoms with Crippen LogP contribution in [0.25, 0.3) is 10.4 Å². The van der Waals surface area contributed by atoms with Crippen molar-refractivity contribution in [1.82, 2.24) is 0 Å². The van der Waals surface area contributed by atoms with Gasteiger partial charge in [0.1, 0.15) is 17.2 Å². The van der Waals surface area contributed by atoms with E-state index in [9.17, 15) is 14.7 Å². The third-order valence-corrected chi connectivity index (χ3v) is 4.23. The van der Waals surface area contributed by atoms with Gasteiger partial charge in [-0.05, 0) is 17.7 Å². The average Bonchev–Trinajstić information content (AvgIpc) is 2.69. The maximum absolute atomic E-state index is 13.0. The number of carbonyl (C=O) groups excluding carboxylic acids is 2. The zero-order chi connectivity index (χ0) is 19.0. The van der Waals surface area contributed by atoms with E-state index in [1.54, 1.807) is 42.5 Å². The van der Waals surface area contributed by atoms with Gasteiger partial charge >= 0.3 is 0 Å². The number of azide groups is 1. The molecule has 130 valence electrons. The number of carbonyl (C=O) groups is 2. The fourth-order valence-corrected chi connectivity index (χ4v) is 3.07. The van der Waals surface area contributed by atoms with Crippen LogP contribution in [0.4, 0.5) is 5.69 Å². The monoisotopic (exact) mass is 357 g/mol. The minimum Gasteiger partial charge on any atom is -0.507 e. The Morgan fingerprint density at radius 3 is 2.11 bits per heavy atom. The molecule has 3 aromatic rings. The number of para-hydroxylation sites is 1. The lowest BCUT2D eigenvalue weighted by Gasteiger charge is -2.21. The molecule has 0 saturated carbocycles. The molecule has 1 aliphatic rings. The molecule has 7 nitrogen and oxygen atoms in total. The molecule has 0 aromatic heterocycles. The fraction of sp³-hybridized carbons (Fsp3) is 0. The van der Waals surface area contributed by atoms with Gasteiger partial charge in [-0.25, -0.2) is 0 Å². The highest BCUT2D eigenvalue weighted by molar-refractivity contribution is 6.31. The van der Waals surface area contributed by atoms with Crippen molar-refractivity contribution in [3.63, 3.8) is 0 Å². The van der Waals surface area contributed by atoms with Gasteiger partial charge in [-0.1, -0.05) is 47.6 Å². The number of phenolic OH excluding ortho intramolecular Hbond substituents is 1. The second-order valence-electron chi connectivity index (χ2n) is 5.80. The van der Waals surface area contributed by atoms with Crippen LogP contribution in [0.5, 0.6) is 17.2 Å². The molecular weight excluding hydrogens is 346 g/mol. The summed E-state index contributed by atoms with van der Waals surface area (Å²) in [5.74, 6) is -1.05. The Morgan fingerprint density at radius 2 is 1.48 bits per heavy atom. The molecule has 0 heterocycles. The molecule has 0 amide bonds. The van der Waals surface area contributed by atoms with Gasteiger partial charge in [0.05, 0.1) is 16.8 Å². The number of hydrogen-bond acceptors (Lipinski definition) is 5. The molecular formula is C20H11N3O4. The Morgan fingerprint density at radius 1 is 0.889 bits per heavy atom. The van der Waals surface area contributed by atoms with Crippen molar-refractivity contribution in [2.75, 3.05) is 0 Å². The maximum atomic E-state index is 13.0. The van der Waals surface area contributed by atoms with E-state index >= 15 is 0 Å². The van der Waals surface area contributed by atoms with Crippen molar-refractivity contribution >= 4 is 17.3 Å². The number of hydrogen-bond donors (Lipinski definition) is 1. The van der Waals surface area contributed by atoms with Gasteiger partial charge in [-0.3, -0.25) is 9.59 Å². The lowest BCUT2D eigenvalue weighted by molar-refractivity contribution is 0.0977. The van der Waals surface area contributed by atoms with Gasteiger partial charge in [0.2, 0.25) is 0 Å². The van der Waals surface area contributed by atoms with E-state index < -0.39 is 17.3 Å². The predicted octanol–water partition coefficient (Wildman–Crippen LogP) is 4.90. The smallest absolute Gasteiger partial charge is 0.198 e. The molecule has 0 unspecified atom stereocenters. The highest BCUT2D eigenvalue weighted by Gasteiger charge is 2.35. The second-order valence-corrected chi connectivity index (χ2v) is 5.80. The quantitative estimate of drug-likeness (QED) is 0.319. The first-order chi connectivity index (χ1) is 13.1. The number of fused-ring (bicyclic) bond motifs is 2. The number of phenols is 1. The molecule has 1 aliphatic carbocycles.